The standard InChI is InChI=1S/C28H40N4O6S/c1-18(2)15-24(19(3)33)30-28(36)20-5-8-23(9-6-20)32-13-11-22(12-14-32)29-17-27(35)21-7-10-26(34)25(16-21)31-39(4,37)38/h5-10,16,18,22,24,27,29,31,34-35H,11-15,17H2,1-4H3,(H,30,36)/t24-,27+/m1/s1. The van der Waals surface area contributed by atoms with Gasteiger partial charge in [0.1, 0.15) is 5.75 Å². The Morgan fingerprint density at radius 2 is 1.72 bits per heavy atom. The first-order valence-electron chi connectivity index (χ1n) is 13.2. The van der Waals surface area contributed by atoms with Crippen molar-refractivity contribution in [2.45, 2.75) is 58.2 Å². The van der Waals surface area contributed by atoms with Gasteiger partial charge in [0.2, 0.25) is 10.0 Å². The Bertz CT molecular complexity index is 1240. The highest BCUT2D eigenvalue weighted by atomic mass is 32.2. The molecular weight excluding hydrogens is 520 g/mol. The molecule has 0 aromatic heterocycles. The van der Waals surface area contributed by atoms with E-state index in [1.54, 1.807) is 18.2 Å². The smallest absolute Gasteiger partial charge is 0.251 e. The summed E-state index contributed by atoms with van der Waals surface area (Å²) in [7, 11) is -3.56. The van der Waals surface area contributed by atoms with Gasteiger partial charge in [0.15, 0.2) is 5.78 Å². The molecule has 2 atom stereocenters. The van der Waals surface area contributed by atoms with Crippen molar-refractivity contribution in [1.29, 1.82) is 0 Å². The van der Waals surface area contributed by atoms with Crippen molar-refractivity contribution in [2.75, 3.05) is 35.5 Å². The van der Waals surface area contributed by atoms with Gasteiger partial charge in [-0.3, -0.25) is 14.3 Å². The van der Waals surface area contributed by atoms with Crippen LogP contribution in [0, 0.1) is 5.92 Å². The van der Waals surface area contributed by atoms with E-state index in [1.165, 1.54) is 19.1 Å². The minimum absolute atomic E-state index is 0.0279. The van der Waals surface area contributed by atoms with Crippen LogP contribution in [0.25, 0.3) is 0 Å². The van der Waals surface area contributed by atoms with Gasteiger partial charge in [-0.1, -0.05) is 19.9 Å². The number of amides is 1. The van der Waals surface area contributed by atoms with E-state index in [4.69, 9.17) is 0 Å². The van der Waals surface area contributed by atoms with Crippen molar-refractivity contribution in [2.24, 2.45) is 5.92 Å². The molecule has 3 rings (SSSR count). The number of rotatable bonds is 12. The van der Waals surface area contributed by atoms with Crippen LogP contribution in [0.15, 0.2) is 42.5 Å². The molecule has 2 aromatic carbocycles. The molecule has 1 saturated heterocycles. The number of sulfonamides is 1. The number of hydrogen-bond acceptors (Lipinski definition) is 8. The quantitative estimate of drug-likeness (QED) is 0.249. The Labute approximate surface area is 230 Å². The van der Waals surface area contributed by atoms with E-state index in [0.717, 1.165) is 37.9 Å². The van der Waals surface area contributed by atoms with E-state index in [-0.39, 0.29) is 35.7 Å². The number of ketones is 1. The van der Waals surface area contributed by atoms with Crippen LogP contribution < -0.4 is 20.3 Å². The van der Waals surface area contributed by atoms with E-state index in [1.807, 2.05) is 26.0 Å². The van der Waals surface area contributed by atoms with Crippen molar-refractivity contribution in [1.82, 2.24) is 10.6 Å². The summed E-state index contributed by atoms with van der Waals surface area (Å²) >= 11 is 0. The lowest BCUT2D eigenvalue weighted by Gasteiger charge is -2.34. The maximum atomic E-state index is 12.6. The first kappa shape index (κ1) is 30.4. The Hall–Kier alpha value is -3.15. The number of phenols is 1. The molecule has 1 aliphatic rings. The molecule has 214 valence electrons. The number of carbonyl (C=O) groups is 2. The van der Waals surface area contributed by atoms with Crippen LogP contribution in [0.2, 0.25) is 0 Å². The number of phenolic OH excluding ortho intramolecular Hbond substituents is 1. The predicted molar refractivity (Wildman–Crippen MR) is 153 cm³/mol. The first-order chi connectivity index (χ1) is 18.3. The first-order valence-corrected chi connectivity index (χ1v) is 15.1. The van der Waals surface area contributed by atoms with Crippen LogP contribution in [0.5, 0.6) is 5.75 Å². The summed E-state index contributed by atoms with van der Waals surface area (Å²) in [5.74, 6) is -0.213. The highest BCUT2D eigenvalue weighted by Crippen LogP contribution is 2.28. The lowest BCUT2D eigenvalue weighted by molar-refractivity contribution is -0.119. The fourth-order valence-corrected chi connectivity index (χ4v) is 5.21. The van der Waals surface area contributed by atoms with Gasteiger partial charge in [0, 0.05) is 36.9 Å². The molecule has 0 spiro atoms. The Kier molecular flexibility index (Phi) is 10.3. The lowest BCUT2D eigenvalue weighted by atomic mass is 10.0. The van der Waals surface area contributed by atoms with E-state index in [0.29, 0.717) is 23.5 Å². The normalized spacial score (nSPS) is 16.1. The highest BCUT2D eigenvalue weighted by Gasteiger charge is 2.22. The average Bonchev–Trinajstić information content (AvgIpc) is 2.87. The number of anilines is 2. The van der Waals surface area contributed by atoms with E-state index in [9.17, 15) is 28.2 Å². The van der Waals surface area contributed by atoms with Crippen LogP contribution in [-0.2, 0) is 14.8 Å². The number of nitrogens with one attached hydrogen (secondary N) is 3. The zero-order valence-corrected chi connectivity index (χ0v) is 23.8. The Morgan fingerprint density at radius 1 is 1.08 bits per heavy atom. The average molecular weight is 561 g/mol. The van der Waals surface area contributed by atoms with Gasteiger partial charge in [0.25, 0.3) is 5.91 Å². The molecule has 11 heteroatoms. The third-order valence-corrected chi connectivity index (χ3v) is 7.38. The summed E-state index contributed by atoms with van der Waals surface area (Å²) in [5.41, 5.74) is 2.06. The molecule has 0 saturated carbocycles. The number of aliphatic hydroxyl groups is 1. The molecule has 1 aliphatic heterocycles. The zero-order valence-electron chi connectivity index (χ0n) is 23.0. The largest absolute Gasteiger partial charge is 0.506 e. The highest BCUT2D eigenvalue weighted by molar-refractivity contribution is 7.92. The van der Waals surface area contributed by atoms with Crippen LogP contribution in [0.3, 0.4) is 0 Å². The summed E-state index contributed by atoms with van der Waals surface area (Å²) in [6.07, 6.45) is 2.46. The molecule has 39 heavy (non-hydrogen) atoms. The number of hydrogen-bond donors (Lipinski definition) is 5. The maximum Gasteiger partial charge on any atom is 0.251 e. The minimum Gasteiger partial charge on any atom is -0.506 e. The number of aliphatic hydroxyl groups excluding tert-OH is 1. The second kappa shape index (κ2) is 13.3. The molecular formula is C28H40N4O6S. The summed E-state index contributed by atoms with van der Waals surface area (Å²) in [6.45, 7) is 7.44. The van der Waals surface area contributed by atoms with Crippen LogP contribution in [0.4, 0.5) is 11.4 Å². The van der Waals surface area contributed by atoms with Gasteiger partial charge in [-0.05, 0) is 74.1 Å². The number of carbonyl (C=O) groups excluding carboxylic acids is 2. The van der Waals surface area contributed by atoms with Crippen molar-refractivity contribution in [3.05, 3.63) is 53.6 Å². The topological polar surface area (TPSA) is 148 Å². The van der Waals surface area contributed by atoms with Gasteiger partial charge in [0.05, 0.1) is 24.1 Å². The number of Topliss-reactive ketones (excluding diaryl/α,β-unsaturated/α-hetero) is 1. The summed E-state index contributed by atoms with van der Waals surface area (Å²) < 4.78 is 25.3. The van der Waals surface area contributed by atoms with Gasteiger partial charge in [-0.15, -0.1) is 0 Å². The number of benzene rings is 2. The van der Waals surface area contributed by atoms with Crippen molar-refractivity contribution in [3.63, 3.8) is 0 Å². The van der Waals surface area contributed by atoms with Crippen molar-refractivity contribution in [3.8, 4) is 5.75 Å². The molecule has 0 unspecified atom stereocenters. The third-order valence-electron chi connectivity index (χ3n) is 6.79. The monoisotopic (exact) mass is 560 g/mol. The molecule has 1 amide bonds. The van der Waals surface area contributed by atoms with Crippen molar-refractivity contribution >= 4 is 33.1 Å². The molecule has 1 fully saturated rings. The summed E-state index contributed by atoms with van der Waals surface area (Å²) in [5, 5.41) is 26.7. The van der Waals surface area contributed by atoms with Gasteiger partial charge < -0.3 is 25.7 Å². The molecule has 10 nitrogen and oxygen atoms in total. The summed E-state index contributed by atoms with van der Waals surface area (Å²) in [4.78, 5) is 26.8. The van der Waals surface area contributed by atoms with E-state index in [2.05, 4.69) is 20.3 Å². The second-order valence-corrected chi connectivity index (χ2v) is 12.4. The Balaban J connectivity index is 1.49. The van der Waals surface area contributed by atoms with E-state index >= 15 is 0 Å². The van der Waals surface area contributed by atoms with Crippen molar-refractivity contribution < 1.29 is 28.2 Å². The van der Waals surface area contributed by atoms with Crippen LogP contribution in [-0.4, -0.2) is 68.3 Å². The second-order valence-electron chi connectivity index (χ2n) is 10.6. The number of piperidine rings is 1. The lowest BCUT2D eigenvalue weighted by Crippen LogP contribution is -2.43. The molecule has 0 radical (unpaired) electrons. The fourth-order valence-electron chi connectivity index (χ4n) is 4.64. The third kappa shape index (κ3) is 9.22. The van der Waals surface area contributed by atoms with E-state index < -0.39 is 22.2 Å². The van der Waals surface area contributed by atoms with Crippen LogP contribution >= 0.6 is 0 Å². The number of aromatic hydroxyl groups is 1. The SMILES string of the molecule is CC(=O)[C@@H](CC(C)C)NC(=O)c1ccc(N2CCC(NC[C@H](O)c3ccc(O)c(NS(C)(=O)=O)c3)CC2)cc1. The fraction of sp³-hybridized carbons (Fsp3) is 0.500. The number of nitrogens with zero attached hydrogens (tertiary/aromatic N) is 1. The minimum atomic E-state index is -3.56. The molecule has 2 aromatic rings. The molecule has 5 N–H and O–H groups in total. The van der Waals surface area contributed by atoms with Crippen LogP contribution in [0.1, 0.15) is 62.1 Å². The van der Waals surface area contributed by atoms with Gasteiger partial charge >= 0.3 is 0 Å². The Morgan fingerprint density at radius 3 is 2.28 bits per heavy atom. The van der Waals surface area contributed by atoms with Gasteiger partial charge in [-0.25, -0.2) is 8.42 Å². The summed E-state index contributed by atoms with van der Waals surface area (Å²) in [6, 6.07) is 11.5. The van der Waals surface area contributed by atoms with Gasteiger partial charge in [-0.2, -0.15) is 0 Å². The maximum absolute atomic E-state index is 12.6. The molecule has 0 bridgehead atoms. The molecule has 0 aliphatic carbocycles. The molecule has 1 heterocycles. The predicted octanol–water partition coefficient (Wildman–Crippen LogP) is 2.79. The zero-order chi connectivity index (χ0) is 28.7.